The van der Waals surface area contributed by atoms with E-state index in [0.717, 1.165) is 16.7 Å². The molecule has 3 heterocycles. The summed E-state index contributed by atoms with van der Waals surface area (Å²) in [6, 6.07) is 10.9. The number of benzene rings is 2. The first-order valence-corrected chi connectivity index (χ1v) is 14.6. The summed E-state index contributed by atoms with van der Waals surface area (Å²) in [5, 5.41) is 26.5. The summed E-state index contributed by atoms with van der Waals surface area (Å²) in [7, 11) is 0. The number of alkyl halides is 2. The zero-order chi connectivity index (χ0) is 31.2. The maximum Gasteiger partial charge on any atom is 0.263 e. The second-order valence-electron chi connectivity index (χ2n) is 12.4. The third kappa shape index (κ3) is 5.46. The van der Waals surface area contributed by atoms with Gasteiger partial charge in [-0.25, -0.2) is 18.4 Å². The molecular weight excluding hydrogens is 586 g/mol. The van der Waals surface area contributed by atoms with Gasteiger partial charge in [0.15, 0.2) is 12.2 Å². The molecule has 0 unspecified atom stereocenters. The summed E-state index contributed by atoms with van der Waals surface area (Å²) >= 11 is 6.67. The van der Waals surface area contributed by atoms with Crippen molar-refractivity contribution in [1.82, 2.24) is 25.0 Å². The molecule has 1 fully saturated rings. The number of nitriles is 1. The quantitative estimate of drug-likeness (QED) is 0.173. The number of hydrogen-bond acceptors (Lipinski definition) is 8. The second-order valence-corrected chi connectivity index (χ2v) is 12.8. The Hall–Kier alpha value is -4.56. The van der Waals surface area contributed by atoms with Crippen LogP contribution < -0.4 is 10.6 Å². The summed E-state index contributed by atoms with van der Waals surface area (Å²) in [6.07, 6.45) is 4.23. The largest absolute Gasteiger partial charge is 0.444 e. The number of rotatable bonds is 9. The molecule has 0 spiro atoms. The fourth-order valence-electron chi connectivity index (χ4n) is 5.36. The van der Waals surface area contributed by atoms with Gasteiger partial charge in [-0.3, -0.25) is 4.98 Å². The zero-order valence-corrected chi connectivity index (χ0v) is 25.5. The molecule has 0 saturated heterocycles. The van der Waals surface area contributed by atoms with E-state index in [2.05, 4.69) is 57.8 Å². The SMILES string of the molecule is Cc1c(-c2cnco2)cccc1[C@H](Nc1cc(Cl)cc2c(NCC(C)(C)C)c(C#N)cnc12)c1cn(C2(C(F)F)CC2)nn1. The molecule has 12 heteroatoms. The van der Waals surface area contributed by atoms with Gasteiger partial charge in [0.05, 0.1) is 40.9 Å². The Morgan fingerprint density at radius 3 is 2.66 bits per heavy atom. The predicted molar refractivity (Wildman–Crippen MR) is 165 cm³/mol. The Morgan fingerprint density at radius 1 is 1.20 bits per heavy atom. The summed E-state index contributed by atoms with van der Waals surface area (Å²) in [6.45, 7) is 8.86. The Labute approximate surface area is 258 Å². The second kappa shape index (κ2) is 11.2. The molecule has 5 aromatic rings. The van der Waals surface area contributed by atoms with Gasteiger partial charge < -0.3 is 15.1 Å². The van der Waals surface area contributed by atoms with Gasteiger partial charge in [0.2, 0.25) is 0 Å². The van der Waals surface area contributed by atoms with E-state index in [1.54, 1.807) is 24.5 Å². The Morgan fingerprint density at radius 2 is 2.00 bits per heavy atom. The minimum Gasteiger partial charge on any atom is -0.444 e. The van der Waals surface area contributed by atoms with Crippen molar-refractivity contribution < 1.29 is 13.2 Å². The van der Waals surface area contributed by atoms with Crippen molar-refractivity contribution in [1.29, 1.82) is 5.26 Å². The fourth-order valence-corrected chi connectivity index (χ4v) is 5.58. The number of halogens is 3. The normalized spacial score (nSPS) is 14.9. The highest BCUT2D eigenvalue weighted by molar-refractivity contribution is 6.32. The van der Waals surface area contributed by atoms with Crippen LogP contribution in [-0.2, 0) is 5.54 Å². The van der Waals surface area contributed by atoms with Gasteiger partial charge >= 0.3 is 0 Å². The van der Waals surface area contributed by atoms with Crippen LogP contribution in [-0.4, -0.2) is 37.9 Å². The standard InChI is InChI=1S/C32H31ClF2N8O/c1-18-21(26-14-37-17-44-26)6-5-7-22(18)29(25-15-43(42-41-25)32(8-9-32)30(34)35)40-24-11-20(33)10-23-27(39-16-31(2,3)4)19(12-36)13-38-28(23)24/h5-7,10-11,13-15,17,29-30,40H,8-9,16H2,1-4H3,(H,38,39)/t29-/m0/s1. The predicted octanol–water partition coefficient (Wildman–Crippen LogP) is 7.73. The Balaban J connectivity index is 1.50. The van der Waals surface area contributed by atoms with E-state index in [1.165, 1.54) is 17.3 Å². The average molecular weight is 617 g/mol. The summed E-state index contributed by atoms with van der Waals surface area (Å²) in [5.74, 6) is 0.592. The molecule has 1 saturated carbocycles. The molecule has 0 aliphatic heterocycles. The third-order valence-electron chi connectivity index (χ3n) is 7.97. The number of nitrogens with zero attached hydrogens (tertiary/aromatic N) is 6. The highest BCUT2D eigenvalue weighted by atomic mass is 35.5. The van der Waals surface area contributed by atoms with Crippen LogP contribution in [0.25, 0.3) is 22.2 Å². The number of nitrogens with one attached hydrogen (secondary N) is 2. The van der Waals surface area contributed by atoms with E-state index in [4.69, 9.17) is 16.0 Å². The molecule has 2 aromatic carbocycles. The molecule has 0 bridgehead atoms. The van der Waals surface area contributed by atoms with Crippen molar-refractivity contribution in [3.05, 3.63) is 82.7 Å². The fraction of sp³-hybridized carbons (Fsp3) is 0.344. The summed E-state index contributed by atoms with van der Waals surface area (Å²) in [5.41, 5.74) is 3.77. The first kappa shape index (κ1) is 29.5. The molecule has 1 atom stereocenters. The van der Waals surface area contributed by atoms with E-state index in [0.29, 0.717) is 63.7 Å². The minimum atomic E-state index is -2.56. The van der Waals surface area contributed by atoms with E-state index < -0.39 is 18.0 Å². The lowest BCUT2D eigenvalue weighted by atomic mass is 9.93. The molecule has 0 radical (unpaired) electrons. The topological polar surface area (TPSA) is 117 Å². The van der Waals surface area contributed by atoms with E-state index >= 15 is 0 Å². The van der Waals surface area contributed by atoms with Crippen LogP contribution in [0.4, 0.5) is 20.2 Å². The van der Waals surface area contributed by atoms with Gasteiger partial charge in [-0.2, -0.15) is 5.26 Å². The van der Waals surface area contributed by atoms with Crippen molar-refractivity contribution in [2.24, 2.45) is 5.41 Å². The monoisotopic (exact) mass is 616 g/mol. The van der Waals surface area contributed by atoms with Crippen molar-refractivity contribution in [3.63, 3.8) is 0 Å². The van der Waals surface area contributed by atoms with Crippen LogP contribution in [0, 0.1) is 23.7 Å². The molecule has 0 amide bonds. The zero-order valence-electron chi connectivity index (χ0n) is 24.7. The van der Waals surface area contributed by atoms with Crippen molar-refractivity contribution in [2.75, 3.05) is 17.2 Å². The van der Waals surface area contributed by atoms with Crippen molar-refractivity contribution in [3.8, 4) is 17.4 Å². The van der Waals surface area contributed by atoms with Crippen molar-refractivity contribution in [2.45, 2.75) is 58.5 Å². The smallest absolute Gasteiger partial charge is 0.263 e. The number of oxazole rings is 1. The van der Waals surface area contributed by atoms with Gasteiger partial charge in [-0.05, 0) is 48.4 Å². The molecule has 1 aliphatic carbocycles. The van der Waals surface area contributed by atoms with Crippen LogP contribution in [0.15, 0.2) is 59.7 Å². The average Bonchev–Trinajstić information content (AvgIpc) is 3.35. The maximum atomic E-state index is 14.0. The molecule has 1 aliphatic rings. The van der Waals surface area contributed by atoms with Gasteiger partial charge in [0.25, 0.3) is 6.43 Å². The molecule has 44 heavy (non-hydrogen) atoms. The van der Waals surface area contributed by atoms with Crippen molar-refractivity contribution >= 4 is 33.9 Å². The lowest BCUT2D eigenvalue weighted by molar-refractivity contribution is 0.0593. The molecule has 9 nitrogen and oxygen atoms in total. The van der Waals surface area contributed by atoms with Crippen LogP contribution >= 0.6 is 11.6 Å². The van der Waals surface area contributed by atoms with E-state index in [1.807, 2.05) is 25.1 Å². The number of anilines is 2. The minimum absolute atomic E-state index is 0.0535. The Kier molecular flexibility index (Phi) is 7.49. The molecule has 3 aromatic heterocycles. The lowest BCUT2D eigenvalue weighted by Crippen LogP contribution is -2.26. The highest BCUT2D eigenvalue weighted by Gasteiger charge is 2.54. The summed E-state index contributed by atoms with van der Waals surface area (Å²) in [4.78, 5) is 8.71. The summed E-state index contributed by atoms with van der Waals surface area (Å²) < 4.78 is 34.9. The number of aromatic nitrogens is 5. The lowest BCUT2D eigenvalue weighted by Gasteiger charge is -2.24. The molecule has 226 valence electrons. The van der Waals surface area contributed by atoms with Crippen LogP contribution in [0.2, 0.25) is 5.02 Å². The first-order valence-electron chi connectivity index (χ1n) is 14.2. The first-order chi connectivity index (χ1) is 21.0. The van der Waals surface area contributed by atoms with Gasteiger partial charge in [0, 0.05) is 28.7 Å². The molecule has 2 N–H and O–H groups in total. The number of fused-ring (bicyclic) bond motifs is 1. The van der Waals surface area contributed by atoms with Gasteiger partial charge in [-0.1, -0.05) is 55.8 Å². The van der Waals surface area contributed by atoms with Gasteiger partial charge in [0.1, 0.15) is 17.3 Å². The Bertz CT molecular complexity index is 1870. The van der Waals surface area contributed by atoms with Crippen LogP contribution in [0.1, 0.15) is 62.0 Å². The van der Waals surface area contributed by atoms with E-state index in [9.17, 15) is 14.0 Å². The maximum absolute atomic E-state index is 14.0. The molecular formula is C32H31ClF2N8O. The van der Waals surface area contributed by atoms with Crippen LogP contribution in [0.3, 0.4) is 0 Å². The highest BCUT2D eigenvalue weighted by Crippen LogP contribution is 2.48. The number of pyridine rings is 1. The number of hydrogen-bond donors (Lipinski definition) is 2. The third-order valence-corrected chi connectivity index (χ3v) is 8.19. The molecule has 6 rings (SSSR count). The van der Waals surface area contributed by atoms with E-state index in [-0.39, 0.29) is 5.41 Å². The van der Waals surface area contributed by atoms with Gasteiger partial charge in [-0.15, -0.1) is 5.10 Å². The van der Waals surface area contributed by atoms with Crippen LogP contribution in [0.5, 0.6) is 0 Å².